The highest BCUT2D eigenvalue weighted by atomic mass is 79.9. The Morgan fingerprint density at radius 3 is 2.76 bits per heavy atom. The van der Waals surface area contributed by atoms with E-state index in [1.54, 1.807) is 16.2 Å². The first-order chi connectivity index (χ1) is 7.91. The lowest BCUT2D eigenvalue weighted by molar-refractivity contribution is -0.138. The van der Waals surface area contributed by atoms with Crippen LogP contribution < -0.4 is 0 Å². The third-order valence-corrected chi connectivity index (χ3v) is 4.87. The van der Waals surface area contributed by atoms with Crippen LogP contribution in [-0.2, 0) is 16.0 Å². The first-order valence-electron chi connectivity index (χ1n) is 5.48. The third-order valence-electron chi connectivity index (χ3n) is 3.17. The Balaban J connectivity index is 2.09. The number of halogens is 1. The van der Waals surface area contributed by atoms with Gasteiger partial charge in [0.15, 0.2) is 5.78 Å². The molecule has 2 heterocycles. The van der Waals surface area contributed by atoms with Crippen molar-refractivity contribution < 1.29 is 9.59 Å². The van der Waals surface area contributed by atoms with E-state index in [-0.39, 0.29) is 11.7 Å². The second-order valence-electron chi connectivity index (χ2n) is 4.69. The number of carbonyl (C=O) groups excluding carboxylic acids is 2. The predicted molar refractivity (Wildman–Crippen MR) is 71.1 cm³/mol. The fraction of sp³-hybridized carbons (Fsp3) is 0.500. The van der Waals surface area contributed by atoms with Gasteiger partial charge in [0.05, 0.1) is 12.0 Å². The standard InChI is InChI=1S/C12H14BrNO2S/c1-12(2)10(15)3-4-14(12)11(16)6-9-5-8(13)7-17-9/h5,7H,3-4,6H2,1-2H3. The van der Waals surface area contributed by atoms with Crippen molar-refractivity contribution in [1.29, 1.82) is 0 Å². The molecular formula is C12H14BrNO2S. The Labute approximate surface area is 113 Å². The molecule has 0 aromatic carbocycles. The van der Waals surface area contributed by atoms with E-state index in [9.17, 15) is 9.59 Å². The molecular weight excluding hydrogens is 302 g/mol. The van der Waals surface area contributed by atoms with Gasteiger partial charge in [0.2, 0.25) is 5.91 Å². The Morgan fingerprint density at radius 2 is 2.29 bits per heavy atom. The number of Topliss-reactive ketones (excluding diaryl/α,β-unsaturated/α-hetero) is 1. The molecule has 0 bridgehead atoms. The summed E-state index contributed by atoms with van der Waals surface area (Å²) in [4.78, 5) is 26.5. The number of rotatable bonds is 2. The van der Waals surface area contributed by atoms with Gasteiger partial charge in [-0.3, -0.25) is 9.59 Å². The maximum absolute atomic E-state index is 12.2. The Bertz CT molecular complexity index is 467. The number of amides is 1. The number of hydrogen-bond donors (Lipinski definition) is 0. The van der Waals surface area contributed by atoms with Gasteiger partial charge in [0.1, 0.15) is 0 Å². The largest absolute Gasteiger partial charge is 0.330 e. The fourth-order valence-electron chi connectivity index (χ4n) is 2.08. The molecule has 1 aliphatic rings. The molecule has 1 aromatic heterocycles. The Morgan fingerprint density at radius 1 is 1.59 bits per heavy atom. The number of likely N-dealkylation sites (tertiary alicyclic amines) is 1. The van der Waals surface area contributed by atoms with Gasteiger partial charge in [-0.2, -0.15) is 0 Å². The van der Waals surface area contributed by atoms with Crippen molar-refractivity contribution in [2.45, 2.75) is 32.2 Å². The second-order valence-corrected chi connectivity index (χ2v) is 6.60. The lowest BCUT2D eigenvalue weighted by atomic mass is 10.0. The smallest absolute Gasteiger partial charge is 0.228 e. The molecule has 1 aromatic rings. The van der Waals surface area contributed by atoms with E-state index in [4.69, 9.17) is 0 Å². The minimum Gasteiger partial charge on any atom is -0.330 e. The monoisotopic (exact) mass is 315 g/mol. The molecule has 0 aliphatic carbocycles. The molecule has 0 N–H and O–H groups in total. The molecule has 0 spiro atoms. The molecule has 0 unspecified atom stereocenters. The van der Waals surface area contributed by atoms with Crippen molar-refractivity contribution in [3.63, 3.8) is 0 Å². The molecule has 1 fully saturated rings. The second kappa shape index (κ2) is 4.53. The molecule has 1 saturated heterocycles. The zero-order chi connectivity index (χ0) is 12.6. The van der Waals surface area contributed by atoms with E-state index in [1.807, 2.05) is 25.3 Å². The zero-order valence-electron chi connectivity index (χ0n) is 9.83. The zero-order valence-corrected chi connectivity index (χ0v) is 12.2. The van der Waals surface area contributed by atoms with E-state index in [1.165, 1.54) is 0 Å². The van der Waals surface area contributed by atoms with Crippen LogP contribution in [0.3, 0.4) is 0 Å². The Kier molecular flexibility index (Phi) is 3.41. The highest BCUT2D eigenvalue weighted by Gasteiger charge is 2.42. The lowest BCUT2D eigenvalue weighted by Crippen LogP contribution is -2.46. The summed E-state index contributed by atoms with van der Waals surface area (Å²) in [5, 5.41) is 1.96. The van der Waals surface area contributed by atoms with Crippen LogP contribution in [0.2, 0.25) is 0 Å². The van der Waals surface area contributed by atoms with Gasteiger partial charge in [-0.05, 0) is 35.8 Å². The maximum Gasteiger partial charge on any atom is 0.228 e. The molecule has 0 saturated carbocycles. The van der Waals surface area contributed by atoms with Gasteiger partial charge < -0.3 is 4.90 Å². The van der Waals surface area contributed by atoms with Crippen LogP contribution in [0.15, 0.2) is 15.9 Å². The van der Waals surface area contributed by atoms with Gasteiger partial charge >= 0.3 is 0 Å². The summed E-state index contributed by atoms with van der Waals surface area (Å²) >= 11 is 4.93. The van der Waals surface area contributed by atoms with Crippen LogP contribution in [0.1, 0.15) is 25.1 Å². The summed E-state index contributed by atoms with van der Waals surface area (Å²) in [6.45, 7) is 4.20. The number of nitrogens with zero attached hydrogens (tertiary/aromatic N) is 1. The summed E-state index contributed by atoms with van der Waals surface area (Å²) in [5.74, 6) is 0.188. The maximum atomic E-state index is 12.2. The third kappa shape index (κ3) is 2.45. The van der Waals surface area contributed by atoms with E-state index in [2.05, 4.69) is 15.9 Å². The van der Waals surface area contributed by atoms with Gasteiger partial charge in [0, 0.05) is 27.7 Å². The molecule has 0 radical (unpaired) electrons. The average molecular weight is 316 g/mol. The lowest BCUT2D eigenvalue weighted by Gasteiger charge is -2.29. The molecule has 1 aliphatic heterocycles. The first kappa shape index (κ1) is 12.8. The van der Waals surface area contributed by atoms with E-state index in [0.717, 1.165) is 9.35 Å². The van der Waals surface area contributed by atoms with Crippen molar-refractivity contribution >= 4 is 39.0 Å². The van der Waals surface area contributed by atoms with Gasteiger partial charge in [0.25, 0.3) is 0 Å². The summed E-state index contributed by atoms with van der Waals surface area (Å²) < 4.78 is 1.00. The first-order valence-corrected chi connectivity index (χ1v) is 7.15. The Hall–Kier alpha value is -0.680. The number of thiophene rings is 1. The van der Waals surface area contributed by atoms with Gasteiger partial charge in [-0.1, -0.05) is 0 Å². The van der Waals surface area contributed by atoms with E-state index < -0.39 is 5.54 Å². The topological polar surface area (TPSA) is 37.4 Å². The van der Waals surface area contributed by atoms with E-state index in [0.29, 0.717) is 19.4 Å². The van der Waals surface area contributed by atoms with Crippen LogP contribution in [0, 0.1) is 0 Å². The van der Waals surface area contributed by atoms with Crippen LogP contribution in [-0.4, -0.2) is 28.7 Å². The number of ketones is 1. The van der Waals surface area contributed by atoms with Crippen molar-refractivity contribution in [3.8, 4) is 0 Å². The highest BCUT2D eigenvalue weighted by molar-refractivity contribution is 9.10. The van der Waals surface area contributed by atoms with Crippen molar-refractivity contribution in [1.82, 2.24) is 4.90 Å². The van der Waals surface area contributed by atoms with Crippen LogP contribution >= 0.6 is 27.3 Å². The molecule has 17 heavy (non-hydrogen) atoms. The fourth-order valence-corrected chi connectivity index (χ4v) is 3.52. The van der Waals surface area contributed by atoms with Crippen molar-refractivity contribution in [2.24, 2.45) is 0 Å². The summed E-state index contributed by atoms with van der Waals surface area (Å²) in [7, 11) is 0. The predicted octanol–water partition coefficient (Wildman–Crippen LogP) is 2.63. The van der Waals surface area contributed by atoms with Crippen LogP contribution in [0.5, 0.6) is 0 Å². The number of hydrogen-bond acceptors (Lipinski definition) is 3. The van der Waals surface area contributed by atoms with E-state index >= 15 is 0 Å². The minimum absolute atomic E-state index is 0.0372. The number of carbonyl (C=O) groups is 2. The molecule has 0 atom stereocenters. The molecule has 92 valence electrons. The summed E-state index contributed by atoms with van der Waals surface area (Å²) in [5.41, 5.74) is -0.633. The van der Waals surface area contributed by atoms with Crippen molar-refractivity contribution in [3.05, 3.63) is 20.8 Å². The molecule has 5 heteroatoms. The minimum atomic E-state index is -0.633. The highest BCUT2D eigenvalue weighted by Crippen LogP contribution is 2.27. The molecule has 1 amide bonds. The van der Waals surface area contributed by atoms with Crippen molar-refractivity contribution in [2.75, 3.05) is 6.54 Å². The quantitative estimate of drug-likeness (QED) is 0.841. The SMILES string of the molecule is CC1(C)C(=O)CCN1C(=O)Cc1cc(Br)cs1. The average Bonchev–Trinajstić information content (AvgIpc) is 2.73. The molecule has 2 rings (SSSR count). The summed E-state index contributed by atoms with van der Waals surface area (Å²) in [6, 6.07) is 1.95. The summed E-state index contributed by atoms with van der Waals surface area (Å²) in [6.07, 6.45) is 0.861. The normalized spacial score (nSPS) is 18.8. The van der Waals surface area contributed by atoms with Crippen LogP contribution in [0.4, 0.5) is 0 Å². The molecule has 3 nitrogen and oxygen atoms in total. The van der Waals surface area contributed by atoms with Crippen LogP contribution in [0.25, 0.3) is 0 Å². The van der Waals surface area contributed by atoms with Gasteiger partial charge in [-0.15, -0.1) is 11.3 Å². The van der Waals surface area contributed by atoms with Gasteiger partial charge in [-0.25, -0.2) is 0 Å².